The van der Waals surface area contributed by atoms with Crippen molar-refractivity contribution >= 4 is 21.7 Å². The first-order valence-electron chi connectivity index (χ1n) is 6.07. The van der Waals surface area contributed by atoms with E-state index in [0.29, 0.717) is 11.4 Å². The van der Waals surface area contributed by atoms with Gasteiger partial charge in [-0.1, -0.05) is 0 Å². The van der Waals surface area contributed by atoms with Gasteiger partial charge < -0.3 is 11.5 Å². The summed E-state index contributed by atoms with van der Waals surface area (Å²) in [6.07, 6.45) is 1.12. The van der Waals surface area contributed by atoms with Gasteiger partial charge in [0, 0.05) is 6.26 Å². The number of nitrogens with zero attached hydrogens (tertiary/aromatic N) is 4. The number of amides is 1. The Labute approximate surface area is 126 Å². The van der Waals surface area contributed by atoms with Gasteiger partial charge in [-0.05, 0) is 31.2 Å². The van der Waals surface area contributed by atoms with Crippen LogP contribution in [0.1, 0.15) is 16.2 Å². The lowest BCUT2D eigenvalue weighted by Crippen LogP contribution is -2.24. The third kappa shape index (κ3) is 3.28. The van der Waals surface area contributed by atoms with E-state index in [-0.39, 0.29) is 16.5 Å². The van der Waals surface area contributed by atoms with Crippen LogP contribution in [0.3, 0.4) is 0 Å². The number of hydrogen-bond acceptors (Lipinski definition) is 5. The van der Waals surface area contributed by atoms with Crippen molar-refractivity contribution in [3.8, 4) is 5.69 Å². The highest BCUT2D eigenvalue weighted by atomic mass is 32.2. The number of nitrogens with two attached hydrogens (primary N) is 2. The van der Waals surface area contributed by atoms with E-state index >= 15 is 0 Å². The van der Waals surface area contributed by atoms with Crippen molar-refractivity contribution in [1.82, 2.24) is 15.0 Å². The number of aromatic nitrogens is 3. The summed E-state index contributed by atoms with van der Waals surface area (Å²) in [5.41, 5.74) is 11.2. The Morgan fingerprint density at radius 2 is 1.77 bits per heavy atom. The summed E-state index contributed by atoms with van der Waals surface area (Å²) in [6.45, 7) is 1.59. The monoisotopic (exact) mass is 322 g/mol. The lowest BCUT2D eigenvalue weighted by molar-refractivity contribution is 0.0997. The molecule has 0 aliphatic rings. The first-order valence-corrected chi connectivity index (χ1v) is 7.96. The zero-order valence-corrected chi connectivity index (χ0v) is 12.7. The molecule has 2 rings (SSSR count). The van der Waals surface area contributed by atoms with Crippen molar-refractivity contribution < 1.29 is 13.2 Å². The highest BCUT2D eigenvalue weighted by molar-refractivity contribution is 7.90. The van der Waals surface area contributed by atoms with Crippen molar-refractivity contribution in [3.05, 3.63) is 35.7 Å². The smallest absolute Gasteiger partial charge is 0.302 e. The van der Waals surface area contributed by atoms with Crippen LogP contribution >= 0.6 is 0 Å². The molecule has 10 heteroatoms. The van der Waals surface area contributed by atoms with Gasteiger partial charge in [0.2, 0.25) is 0 Å². The number of carbonyl (C=O) groups excluding carboxylic acids is 1. The van der Waals surface area contributed by atoms with Gasteiger partial charge in [-0.25, -0.2) is 8.42 Å². The molecule has 1 aromatic heterocycles. The van der Waals surface area contributed by atoms with Gasteiger partial charge in [-0.3, -0.25) is 4.79 Å². The quantitative estimate of drug-likeness (QED) is 0.566. The van der Waals surface area contributed by atoms with Gasteiger partial charge >= 0.3 is 5.91 Å². The number of carbonyl (C=O) groups is 1. The summed E-state index contributed by atoms with van der Waals surface area (Å²) < 4.78 is 22.8. The Balaban J connectivity index is 2.39. The van der Waals surface area contributed by atoms with E-state index in [1.165, 1.54) is 29.1 Å². The van der Waals surface area contributed by atoms with E-state index < -0.39 is 15.7 Å². The highest BCUT2D eigenvalue weighted by Gasteiger charge is 2.16. The average molecular weight is 322 g/mol. The molecular formula is C12H14N6O3S. The molecule has 116 valence electrons. The zero-order chi connectivity index (χ0) is 16.5. The molecule has 1 amide bonds. The van der Waals surface area contributed by atoms with Crippen molar-refractivity contribution in [2.45, 2.75) is 11.8 Å². The molecule has 2 aromatic rings. The second-order valence-electron chi connectivity index (χ2n) is 4.53. The van der Waals surface area contributed by atoms with Crippen LogP contribution in [0.2, 0.25) is 0 Å². The van der Waals surface area contributed by atoms with Gasteiger partial charge in [0.05, 0.1) is 16.3 Å². The minimum atomic E-state index is -3.28. The molecule has 0 aliphatic heterocycles. The third-order valence-electron chi connectivity index (χ3n) is 2.71. The lowest BCUT2D eigenvalue weighted by Gasteiger charge is -2.01. The molecule has 4 N–H and O–H groups in total. The minimum Gasteiger partial charge on any atom is -0.370 e. The predicted molar refractivity (Wildman–Crippen MR) is 79.3 cm³/mol. The van der Waals surface area contributed by atoms with Crippen molar-refractivity contribution in [3.63, 3.8) is 0 Å². The second kappa shape index (κ2) is 5.56. The van der Waals surface area contributed by atoms with Crippen molar-refractivity contribution in [2.24, 2.45) is 16.5 Å². The molecule has 0 unspecified atom stereocenters. The van der Waals surface area contributed by atoms with Crippen LogP contribution in [0, 0.1) is 6.92 Å². The molecule has 0 saturated heterocycles. The van der Waals surface area contributed by atoms with Crippen LogP contribution in [0.25, 0.3) is 5.69 Å². The molecule has 0 atom stereocenters. The summed E-state index contributed by atoms with van der Waals surface area (Å²) in [6, 6.07) is 5.93. The van der Waals surface area contributed by atoms with Crippen molar-refractivity contribution in [2.75, 3.05) is 6.26 Å². The molecule has 9 nitrogen and oxygen atoms in total. The van der Waals surface area contributed by atoms with E-state index in [2.05, 4.69) is 15.2 Å². The number of aliphatic imine (C=N–C) groups is 1. The standard InChI is InChI=1S/C12H14N6O3S/c1-7-10(11(19)15-12(13)14)17-18(16-7)8-3-5-9(6-4-8)22(2,20)21/h3-6H,1-2H3,(H4,13,14,15,19). The van der Waals surface area contributed by atoms with Crippen LogP contribution in [0.5, 0.6) is 0 Å². The van der Waals surface area contributed by atoms with Gasteiger partial charge in [-0.2, -0.15) is 14.9 Å². The maximum absolute atomic E-state index is 11.8. The normalized spacial score (nSPS) is 11.2. The molecule has 1 heterocycles. The summed E-state index contributed by atoms with van der Waals surface area (Å²) in [5.74, 6) is -1.06. The fraction of sp³-hybridized carbons (Fsp3) is 0.167. The Morgan fingerprint density at radius 1 is 1.18 bits per heavy atom. The average Bonchev–Trinajstić information content (AvgIpc) is 2.79. The number of sulfone groups is 1. The van der Waals surface area contributed by atoms with Gasteiger partial charge in [0.15, 0.2) is 21.5 Å². The number of aryl methyl sites for hydroxylation is 1. The molecule has 22 heavy (non-hydrogen) atoms. The first-order chi connectivity index (χ1) is 10.2. The van der Waals surface area contributed by atoms with E-state index in [4.69, 9.17) is 11.5 Å². The molecule has 0 spiro atoms. The molecule has 0 aliphatic carbocycles. The minimum absolute atomic E-state index is 0.0144. The van der Waals surface area contributed by atoms with Crippen LogP contribution in [-0.2, 0) is 9.84 Å². The Hall–Kier alpha value is -2.75. The molecule has 1 aromatic carbocycles. The second-order valence-corrected chi connectivity index (χ2v) is 6.55. The largest absolute Gasteiger partial charge is 0.370 e. The van der Waals surface area contributed by atoms with E-state index in [1.54, 1.807) is 6.92 Å². The summed E-state index contributed by atoms with van der Waals surface area (Å²) in [7, 11) is -3.28. The Bertz CT molecular complexity index is 847. The summed E-state index contributed by atoms with van der Waals surface area (Å²) >= 11 is 0. The maximum Gasteiger partial charge on any atom is 0.302 e. The maximum atomic E-state index is 11.8. The van der Waals surface area contributed by atoms with Crippen LogP contribution in [0.15, 0.2) is 34.2 Å². The van der Waals surface area contributed by atoms with Gasteiger partial charge in [0.1, 0.15) is 0 Å². The topological polar surface area (TPSA) is 146 Å². The number of hydrogen-bond donors (Lipinski definition) is 2. The zero-order valence-electron chi connectivity index (χ0n) is 11.9. The third-order valence-corrected chi connectivity index (χ3v) is 3.84. The predicted octanol–water partition coefficient (Wildman–Crippen LogP) is -0.607. The van der Waals surface area contributed by atoms with Crippen LogP contribution in [-0.4, -0.2) is 41.5 Å². The molecule has 0 saturated carbocycles. The molecule has 0 bridgehead atoms. The fourth-order valence-electron chi connectivity index (χ4n) is 1.69. The molecule has 0 fully saturated rings. The van der Waals surface area contributed by atoms with E-state index in [0.717, 1.165) is 6.26 Å². The molecule has 0 radical (unpaired) electrons. The lowest BCUT2D eigenvalue weighted by atomic mass is 10.3. The van der Waals surface area contributed by atoms with Crippen molar-refractivity contribution in [1.29, 1.82) is 0 Å². The Kier molecular flexibility index (Phi) is 3.95. The summed E-state index contributed by atoms with van der Waals surface area (Å²) in [5, 5.41) is 8.10. The van der Waals surface area contributed by atoms with Gasteiger partial charge in [-0.15, -0.1) is 5.10 Å². The number of rotatable bonds is 3. The number of benzene rings is 1. The highest BCUT2D eigenvalue weighted by Crippen LogP contribution is 2.14. The molecular weight excluding hydrogens is 308 g/mol. The summed E-state index contributed by atoms with van der Waals surface area (Å²) in [4.78, 5) is 16.5. The van der Waals surface area contributed by atoms with E-state index in [1.807, 2.05) is 0 Å². The number of guanidine groups is 1. The van der Waals surface area contributed by atoms with E-state index in [9.17, 15) is 13.2 Å². The Morgan fingerprint density at radius 3 is 2.27 bits per heavy atom. The van der Waals surface area contributed by atoms with Gasteiger partial charge in [0.25, 0.3) is 0 Å². The van der Waals surface area contributed by atoms with Crippen LogP contribution < -0.4 is 11.5 Å². The first kappa shape index (κ1) is 15.6. The van der Waals surface area contributed by atoms with Crippen LogP contribution in [0.4, 0.5) is 0 Å². The SMILES string of the molecule is Cc1nn(-c2ccc(S(C)(=O)=O)cc2)nc1C(=O)N=C(N)N. The fourth-order valence-corrected chi connectivity index (χ4v) is 2.32.